The van der Waals surface area contributed by atoms with Crippen LogP contribution in [0.2, 0.25) is 0 Å². The highest BCUT2D eigenvalue weighted by atomic mass is 16.5. The lowest BCUT2D eigenvalue weighted by atomic mass is 10.0. The number of hydrogen-bond acceptors (Lipinski definition) is 6. The second-order valence-corrected chi connectivity index (χ2v) is 8.66. The number of ether oxygens (including phenoxy) is 1. The van der Waals surface area contributed by atoms with E-state index in [9.17, 15) is 9.59 Å². The summed E-state index contributed by atoms with van der Waals surface area (Å²) in [4.78, 5) is 37.3. The van der Waals surface area contributed by atoms with Gasteiger partial charge < -0.3 is 19.9 Å². The zero-order valence-corrected chi connectivity index (χ0v) is 20.1. The van der Waals surface area contributed by atoms with E-state index in [1.54, 1.807) is 11.1 Å². The number of carbonyl (C=O) groups excluding carboxylic acids is 2. The van der Waals surface area contributed by atoms with Crippen molar-refractivity contribution in [1.29, 1.82) is 0 Å². The van der Waals surface area contributed by atoms with Gasteiger partial charge >= 0.3 is 6.09 Å². The summed E-state index contributed by atoms with van der Waals surface area (Å²) in [5.74, 6) is 0.746. The number of rotatable bonds is 5. The molecule has 0 radical (unpaired) electrons. The third kappa shape index (κ3) is 5.27. The van der Waals surface area contributed by atoms with E-state index >= 15 is 0 Å². The van der Waals surface area contributed by atoms with Crippen LogP contribution in [0.1, 0.15) is 5.56 Å². The van der Waals surface area contributed by atoms with Gasteiger partial charge in [-0.2, -0.15) is 0 Å². The summed E-state index contributed by atoms with van der Waals surface area (Å²) in [5, 5.41) is 2.96. The first-order valence-corrected chi connectivity index (χ1v) is 11.9. The Morgan fingerprint density at radius 3 is 2.33 bits per heavy atom. The van der Waals surface area contributed by atoms with Crippen molar-refractivity contribution in [3.8, 4) is 11.1 Å². The van der Waals surface area contributed by atoms with Gasteiger partial charge in [-0.05, 0) is 41.0 Å². The number of piperazine rings is 1. The summed E-state index contributed by atoms with van der Waals surface area (Å²) in [6.45, 7) is 2.51. The monoisotopic (exact) mass is 481 g/mol. The quantitative estimate of drug-likeness (QED) is 0.456. The van der Waals surface area contributed by atoms with Crippen LogP contribution in [0.3, 0.4) is 0 Å². The minimum atomic E-state index is -0.300. The van der Waals surface area contributed by atoms with E-state index in [1.807, 2.05) is 72.8 Å². The smallest absolute Gasteiger partial charge is 0.409 e. The topological polar surface area (TPSA) is 87.7 Å². The molecular formula is C28H27N5O3. The molecular weight excluding hydrogens is 454 g/mol. The molecule has 1 aliphatic heterocycles. The Bertz CT molecular complexity index is 1370. The van der Waals surface area contributed by atoms with E-state index < -0.39 is 0 Å². The lowest BCUT2D eigenvalue weighted by Crippen LogP contribution is -2.49. The van der Waals surface area contributed by atoms with Crippen molar-refractivity contribution in [2.45, 2.75) is 6.42 Å². The number of methoxy groups -OCH3 is 1. The SMILES string of the molecule is COC(=O)N1CCN(c2cnc3ccc(-c4ccc(NC(=O)Cc5ccccc5)cc4)cc3n2)CC1. The zero-order valence-electron chi connectivity index (χ0n) is 20.1. The van der Waals surface area contributed by atoms with E-state index in [4.69, 9.17) is 9.72 Å². The molecule has 0 unspecified atom stereocenters. The number of benzene rings is 3. The second kappa shape index (κ2) is 10.4. The van der Waals surface area contributed by atoms with Gasteiger partial charge in [-0.15, -0.1) is 0 Å². The Morgan fingerprint density at radius 2 is 1.61 bits per heavy atom. The van der Waals surface area contributed by atoms with Crippen LogP contribution in [0.5, 0.6) is 0 Å². The van der Waals surface area contributed by atoms with Gasteiger partial charge in [0.2, 0.25) is 5.91 Å². The third-order valence-electron chi connectivity index (χ3n) is 6.28. The molecule has 4 aromatic rings. The Balaban J connectivity index is 1.27. The van der Waals surface area contributed by atoms with E-state index in [1.165, 1.54) is 7.11 Å². The number of anilines is 2. The van der Waals surface area contributed by atoms with Crippen LogP contribution in [0.4, 0.5) is 16.3 Å². The van der Waals surface area contributed by atoms with E-state index in [2.05, 4.69) is 15.2 Å². The van der Waals surface area contributed by atoms with Crippen LogP contribution in [-0.2, 0) is 16.0 Å². The number of nitrogens with zero attached hydrogens (tertiary/aromatic N) is 4. The van der Waals surface area contributed by atoms with Gasteiger partial charge in [0.1, 0.15) is 5.82 Å². The Kier molecular flexibility index (Phi) is 6.75. The molecule has 1 fully saturated rings. The van der Waals surface area contributed by atoms with Gasteiger partial charge in [-0.1, -0.05) is 48.5 Å². The van der Waals surface area contributed by atoms with E-state index in [0.717, 1.165) is 39.2 Å². The first kappa shape index (κ1) is 23.3. The maximum Gasteiger partial charge on any atom is 0.409 e. The summed E-state index contributed by atoms with van der Waals surface area (Å²) < 4.78 is 4.81. The lowest BCUT2D eigenvalue weighted by Gasteiger charge is -2.34. The van der Waals surface area contributed by atoms with Gasteiger partial charge in [0.15, 0.2) is 0 Å². The Morgan fingerprint density at radius 1 is 0.889 bits per heavy atom. The largest absolute Gasteiger partial charge is 0.453 e. The van der Waals surface area contributed by atoms with Crippen molar-refractivity contribution in [2.75, 3.05) is 43.5 Å². The minimum absolute atomic E-state index is 0.0464. The van der Waals surface area contributed by atoms with Crippen LogP contribution in [0.15, 0.2) is 79.0 Å². The van der Waals surface area contributed by atoms with Crippen LogP contribution in [-0.4, -0.2) is 60.2 Å². The molecule has 0 spiro atoms. The maximum absolute atomic E-state index is 12.4. The molecule has 1 aromatic heterocycles. The summed E-state index contributed by atoms with van der Waals surface area (Å²) in [7, 11) is 1.40. The molecule has 3 aromatic carbocycles. The molecule has 36 heavy (non-hydrogen) atoms. The van der Waals surface area contributed by atoms with Crippen LogP contribution in [0.25, 0.3) is 22.2 Å². The standard InChI is InChI=1S/C28H27N5O3/c1-36-28(35)33-15-13-32(14-16-33)26-19-29-24-12-9-22(18-25(24)31-26)21-7-10-23(11-8-21)30-27(34)17-20-5-3-2-4-6-20/h2-12,18-19H,13-17H2,1H3,(H,30,34). The molecule has 8 heteroatoms. The summed E-state index contributed by atoms with van der Waals surface area (Å²) in [6.07, 6.45) is 1.82. The molecule has 0 aliphatic carbocycles. The fourth-order valence-electron chi connectivity index (χ4n) is 4.31. The van der Waals surface area contributed by atoms with Crippen molar-refractivity contribution in [3.05, 3.63) is 84.6 Å². The van der Waals surface area contributed by atoms with Crippen LogP contribution >= 0.6 is 0 Å². The zero-order chi connectivity index (χ0) is 24.9. The molecule has 182 valence electrons. The molecule has 2 amide bonds. The van der Waals surface area contributed by atoms with Crippen molar-refractivity contribution in [1.82, 2.24) is 14.9 Å². The molecule has 1 aliphatic rings. The molecule has 0 bridgehead atoms. The molecule has 2 heterocycles. The highest BCUT2D eigenvalue weighted by Crippen LogP contribution is 2.26. The van der Waals surface area contributed by atoms with Crippen LogP contribution < -0.4 is 10.2 Å². The van der Waals surface area contributed by atoms with Gasteiger partial charge in [0.05, 0.1) is 30.8 Å². The Labute approximate surface area is 209 Å². The Hall–Kier alpha value is -4.46. The number of carbonyl (C=O) groups is 2. The first-order chi connectivity index (χ1) is 17.6. The van der Waals surface area contributed by atoms with Crippen molar-refractivity contribution in [3.63, 3.8) is 0 Å². The fraction of sp³-hybridized carbons (Fsp3) is 0.214. The molecule has 5 rings (SSSR count). The van der Waals surface area contributed by atoms with Gasteiger partial charge in [0.25, 0.3) is 0 Å². The number of fused-ring (bicyclic) bond motifs is 1. The average molecular weight is 482 g/mol. The average Bonchev–Trinajstić information content (AvgIpc) is 2.93. The van der Waals surface area contributed by atoms with Crippen molar-refractivity contribution in [2.24, 2.45) is 0 Å². The fourth-order valence-corrected chi connectivity index (χ4v) is 4.31. The number of amides is 2. The van der Waals surface area contributed by atoms with Crippen molar-refractivity contribution < 1.29 is 14.3 Å². The molecule has 8 nitrogen and oxygen atoms in total. The van der Waals surface area contributed by atoms with Gasteiger partial charge in [-0.3, -0.25) is 9.78 Å². The highest BCUT2D eigenvalue weighted by molar-refractivity contribution is 5.92. The predicted octanol–water partition coefficient (Wildman–Crippen LogP) is 4.37. The van der Waals surface area contributed by atoms with E-state index in [-0.39, 0.29) is 12.0 Å². The van der Waals surface area contributed by atoms with Crippen LogP contribution in [0, 0.1) is 0 Å². The molecule has 1 saturated heterocycles. The predicted molar refractivity (Wildman–Crippen MR) is 140 cm³/mol. The maximum atomic E-state index is 12.4. The first-order valence-electron chi connectivity index (χ1n) is 11.9. The van der Waals surface area contributed by atoms with E-state index in [0.29, 0.717) is 32.6 Å². The second-order valence-electron chi connectivity index (χ2n) is 8.66. The molecule has 1 N–H and O–H groups in total. The third-order valence-corrected chi connectivity index (χ3v) is 6.28. The summed E-state index contributed by atoms with van der Waals surface area (Å²) in [5.41, 5.74) is 5.41. The lowest BCUT2D eigenvalue weighted by molar-refractivity contribution is -0.115. The number of aromatic nitrogens is 2. The van der Waals surface area contributed by atoms with Gasteiger partial charge in [0, 0.05) is 31.9 Å². The minimum Gasteiger partial charge on any atom is -0.453 e. The summed E-state index contributed by atoms with van der Waals surface area (Å²) in [6, 6.07) is 23.5. The normalized spacial score (nSPS) is 13.5. The van der Waals surface area contributed by atoms with Gasteiger partial charge in [-0.25, -0.2) is 9.78 Å². The van der Waals surface area contributed by atoms with Crippen molar-refractivity contribution >= 4 is 34.5 Å². The summed E-state index contributed by atoms with van der Waals surface area (Å²) >= 11 is 0. The molecule has 0 saturated carbocycles. The molecule has 0 atom stereocenters. The highest BCUT2D eigenvalue weighted by Gasteiger charge is 2.22. The number of hydrogen-bond donors (Lipinski definition) is 1. The number of nitrogens with one attached hydrogen (secondary N) is 1.